The van der Waals surface area contributed by atoms with E-state index in [0.717, 1.165) is 60.6 Å². The Kier molecular flexibility index (Phi) is 7.51. The van der Waals surface area contributed by atoms with Gasteiger partial charge in [-0.05, 0) is 90.6 Å². The smallest absolute Gasteiger partial charge is 0.252 e. The zero-order chi connectivity index (χ0) is 26.0. The van der Waals surface area contributed by atoms with Gasteiger partial charge in [0.1, 0.15) is 5.75 Å². The summed E-state index contributed by atoms with van der Waals surface area (Å²) in [5.41, 5.74) is 14.7. The lowest BCUT2D eigenvalue weighted by atomic mass is 9.83. The summed E-state index contributed by atoms with van der Waals surface area (Å²) in [7, 11) is 0. The standard InChI is InChI=1S/C31H39N3O2/c1-6-21-10-8-11-22(7-2)29(21)27-17-25(23-12-13-24(30(32)36)28(35)16-23)26(20(3)33-27)18-34-15-9-14-31(4,5)19-34/h8,10-13,16-17,35H,6-7,9,14-15,18-19H2,1-5H3,(H2,32,36). The van der Waals surface area contributed by atoms with Crippen LogP contribution in [0.3, 0.4) is 0 Å². The third-order valence-corrected chi connectivity index (χ3v) is 7.52. The molecule has 0 bridgehead atoms. The average Bonchev–Trinajstić information content (AvgIpc) is 2.83. The van der Waals surface area contributed by atoms with E-state index < -0.39 is 5.91 Å². The third-order valence-electron chi connectivity index (χ3n) is 7.52. The first-order valence-corrected chi connectivity index (χ1v) is 13.1. The van der Waals surface area contributed by atoms with Crippen LogP contribution in [0.25, 0.3) is 22.4 Å². The zero-order valence-corrected chi connectivity index (χ0v) is 22.3. The molecule has 0 unspecified atom stereocenters. The molecule has 0 spiro atoms. The first-order chi connectivity index (χ1) is 17.1. The lowest BCUT2D eigenvalue weighted by Crippen LogP contribution is -2.39. The van der Waals surface area contributed by atoms with Gasteiger partial charge < -0.3 is 10.8 Å². The summed E-state index contributed by atoms with van der Waals surface area (Å²) in [5.74, 6) is -0.727. The van der Waals surface area contributed by atoms with E-state index in [1.807, 2.05) is 6.07 Å². The topological polar surface area (TPSA) is 79.5 Å². The molecule has 2 aromatic carbocycles. The number of aromatic hydroxyl groups is 1. The fourth-order valence-electron chi connectivity index (χ4n) is 5.67. The molecule has 1 saturated heterocycles. The molecule has 190 valence electrons. The number of pyridine rings is 1. The summed E-state index contributed by atoms with van der Waals surface area (Å²) in [6, 6.07) is 13.8. The van der Waals surface area contributed by atoms with Crippen molar-refractivity contribution in [3.63, 3.8) is 0 Å². The first kappa shape index (κ1) is 25.9. The molecule has 4 rings (SSSR count). The highest BCUT2D eigenvalue weighted by Gasteiger charge is 2.28. The summed E-state index contributed by atoms with van der Waals surface area (Å²) >= 11 is 0. The molecule has 5 nitrogen and oxygen atoms in total. The number of piperidine rings is 1. The molecule has 1 aliphatic heterocycles. The highest BCUT2D eigenvalue weighted by atomic mass is 16.3. The highest BCUT2D eigenvalue weighted by Crippen LogP contribution is 2.37. The quantitative estimate of drug-likeness (QED) is 0.413. The van der Waals surface area contributed by atoms with E-state index in [9.17, 15) is 9.90 Å². The predicted molar refractivity (Wildman–Crippen MR) is 147 cm³/mol. The fraction of sp³-hybridized carbons (Fsp3) is 0.419. The van der Waals surface area contributed by atoms with Crippen molar-refractivity contribution in [2.45, 2.75) is 66.8 Å². The van der Waals surface area contributed by atoms with Crippen molar-refractivity contribution in [3.8, 4) is 28.1 Å². The van der Waals surface area contributed by atoms with Crippen LogP contribution in [0.5, 0.6) is 5.75 Å². The van der Waals surface area contributed by atoms with Crippen LogP contribution in [-0.4, -0.2) is 34.0 Å². The van der Waals surface area contributed by atoms with Crippen LogP contribution in [0, 0.1) is 12.3 Å². The van der Waals surface area contributed by atoms with Gasteiger partial charge in [0.05, 0.1) is 11.3 Å². The Morgan fingerprint density at radius 1 is 1.11 bits per heavy atom. The minimum absolute atomic E-state index is 0.0933. The predicted octanol–water partition coefficient (Wildman–Crippen LogP) is 6.28. The summed E-state index contributed by atoms with van der Waals surface area (Å²) in [5, 5.41) is 10.6. The number of benzene rings is 2. The van der Waals surface area contributed by atoms with E-state index in [-0.39, 0.29) is 16.7 Å². The van der Waals surface area contributed by atoms with Gasteiger partial charge in [-0.3, -0.25) is 14.7 Å². The maximum Gasteiger partial charge on any atom is 0.252 e. The molecular formula is C31H39N3O2. The number of rotatable bonds is 7. The fourth-order valence-corrected chi connectivity index (χ4v) is 5.67. The SMILES string of the molecule is CCc1cccc(CC)c1-c1cc(-c2ccc(C(N)=O)c(O)c2)c(CN2CCCC(C)(C)C2)c(C)n1. The summed E-state index contributed by atoms with van der Waals surface area (Å²) in [6.45, 7) is 14.0. The van der Waals surface area contributed by atoms with Crippen molar-refractivity contribution in [2.75, 3.05) is 13.1 Å². The molecule has 0 saturated carbocycles. The summed E-state index contributed by atoms with van der Waals surface area (Å²) in [6.07, 6.45) is 4.28. The van der Waals surface area contributed by atoms with Crippen LogP contribution in [-0.2, 0) is 19.4 Å². The molecular weight excluding hydrogens is 446 g/mol. The monoisotopic (exact) mass is 485 g/mol. The van der Waals surface area contributed by atoms with E-state index in [4.69, 9.17) is 10.7 Å². The van der Waals surface area contributed by atoms with Crippen molar-refractivity contribution in [3.05, 3.63) is 70.4 Å². The number of nitrogens with two attached hydrogens (primary N) is 1. The number of amides is 1. The van der Waals surface area contributed by atoms with Crippen LogP contribution < -0.4 is 5.73 Å². The Morgan fingerprint density at radius 3 is 2.39 bits per heavy atom. The number of hydrogen-bond donors (Lipinski definition) is 2. The second kappa shape index (κ2) is 10.4. The maximum atomic E-state index is 11.7. The zero-order valence-electron chi connectivity index (χ0n) is 22.3. The van der Waals surface area contributed by atoms with Gasteiger partial charge in [-0.25, -0.2) is 0 Å². The van der Waals surface area contributed by atoms with Crippen LogP contribution in [0.2, 0.25) is 0 Å². The Labute approximate surface area is 215 Å². The number of phenols is 1. The van der Waals surface area contributed by atoms with Crippen LogP contribution in [0.1, 0.15) is 73.3 Å². The van der Waals surface area contributed by atoms with Gasteiger partial charge in [-0.1, -0.05) is 52.0 Å². The molecule has 1 fully saturated rings. The van der Waals surface area contributed by atoms with Gasteiger partial charge in [0, 0.05) is 24.3 Å². The maximum absolute atomic E-state index is 11.7. The van der Waals surface area contributed by atoms with Gasteiger partial charge in [-0.2, -0.15) is 0 Å². The van der Waals surface area contributed by atoms with Crippen LogP contribution in [0.4, 0.5) is 0 Å². The van der Waals surface area contributed by atoms with Crippen molar-refractivity contribution < 1.29 is 9.90 Å². The molecule has 3 N–H and O–H groups in total. The molecule has 1 aromatic heterocycles. The molecule has 1 amide bonds. The first-order valence-electron chi connectivity index (χ1n) is 13.1. The lowest BCUT2D eigenvalue weighted by molar-refractivity contribution is 0.0997. The van der Waals surface area contributed by atoms with E-state index in [2.05, 4.69) is 63.8 Å². The van der Waals surface area contributed by atoms with Gasteiger partial charge in [-0.15, -0.1) is 0 Å². The minimum Gasteiger partial charge on any atom is -0.507 e. The number of primary amides is 1. The largest absolute Gasteiger partial charge is 0.507 e. The Morgan fingerprint density at radius 2 is 1.81 bits per heavy atom. The van der Waals surface area contributed by atoms with E-state index in [1.165, 1.54) is 29.5 Å². The minimum atomic E-state index is -0.633. The molecule has 0 aliphatic carbocycles. The number of aromatic nitrogens is 1. The lowest BCUT2D eigenvalue weighted by Gasteiger charge is -2.38. The van der Waals surface area contributed by atoms with E-state index in [0.29, 0.717) is 0 Å². The Hall–Kier alpha value is -3.18. The highest BCUT2D eigenvalue weighted by molar-refractivity contribution is 5.96. The molecule has 0 atom stereocenters. The second-order valence-corrected chi connectivity index (χ2v) is 10.9. The van der Waals surface area contributed by atoms with Gasteiger partial charge in [0.25, 0.3) is 5.91 Å². The molecule has 0 radical (unpaired) electrons. The van der Waals surface area contributed by atoms with Gasteiger partial charge in [0.15, 0.2) is 0 Å². The number of nitrogens with zero attached hydrogens (tertiary/aromatic N) is 2. The van der Waals surface area contributed by atoms with Crippen molar-refractivity contribution in [1.29, 1.82) is 0 Å². The molecule has 5 heteroatoms. The molecule has 1 aliphatic rings. The average molecular weight is 486 g/mol. The van der Waals surface area contributed by atoms with Crippen molar-refractivity contribution >= 4 is 5.91 Å². The van der Waals surface area contributed by atoms with Crippen LogP contribution >= 0.6 is 0 Å². The number of hydrogen-bond acceptors (Lipinski definition) is 4. The van der Waals surface area contributed by atoms with Gasteiger partial charge in [0.2, 0.25) is 0 Å². The molecule has 36 heavy (non-hydrogen) atoms. The van der Waals surface area contributed by atoms with Crippen molar-refractivity contribution in [1.82, 2.24) is 9.88 Å². The van der Waals surface area contributed by atoms with Gasteiger partial charge >= 0.3 is 0 Å². The van der Waals surface area contributed by atoms with Crippen LogP contribution in [0.15, 0.2) is 42.5 Å². The Balaban J connectivity index is 1.90. The van der Waals surface area contributed by atoms with E-state index in [1.54, 1.807) is 12.1 Å². The molecule has 3 aromatic rings. The summed E-state index contributed by atoms with van der Waals surface area (Å²) in [4.78, 5) is 19.4. The third kappa shape index (κ3) is 5.31. The normalized spacial score (nSPS) is 15.7. The Bertz CT molecular complexity index is 1260. The van der Waals surface area contributed by atoms with Crippen molar-refractivity contribution in [2.24, 2.45) is 11.1 Å². The summed E-state index contributed by atoms with van der Waals surface area (Å²) < 4.78 is 0. The number of carbonyl (C=O) groups is 1. The number of carbonyl (C=O) groups excluding carboxylic acids is 1. The second-order valence-electron chi connectivity index (χ2n) is 10.9. The number of aryl methyl sites for hydroxylation is 3. The number of likely N-dealkylation sites (tertiary alicyclic amines) is 1. The van der Waals surface area contributed by atoms with E-state index >= 15 is 0 Å². The molecule has 2 heterocycles.